The van der Waals surface area contributed by atoms with E-state index in [1.807, 2.05) is 24.3 Å². The number of fused-ring (bicyclic) bond motifs is 1. The van der Waals surface area contributed by atoms with E-state index >= 15 is 0 Å². The molecule has 24 heavy (non-hydrogen) atoms. The highest BCUT2D eigenvalue weighted by Gasteiger charge is 2.29. The van der Waals surface area contributed by atoms with Crippen molar-refractivity contribution < 1.29 is 5.11 Å². The number of pyridine rings is 1. The Kier molecular flexibility index (Phi) is 4.25. The number of nitrogens with zero attached hydrogens (tertiary/aromatic N) is 2. The lowest BCUT2D eigenvalue weighted by Gasteiger charge is -2.30. The molecule has 2 aromatic carbocycles. The van der Waals surface area contributed by atoms with Gasteiger partial charge in [-0.05, 0) is 43.6 Å². The molecule has 0 spiro atoms. The topological polar surface area (TPSA) is 36.4 Å². The molecule has 1 saturated heterocycles. The highest BCUT2D eigenvalue weighted by molar-refractivity contribution is 9.10. The summed E-state index contributed by atoms with van der Waals surface area (Å²) in [6.07, 6.45) is 4.14. The summed E-state index contributed by atoms with van der Waals surface area (Å²) in [6, 6.07) is 16.3. The number of benzene rings is 2. The van der Waals surface area contributed by atoms with Crippen LogP contribution in [0.5, 0.6) is 5.75 Å². The average molecular weight is 383 g/mol. The fourth-order valence-corrected chi connectivity index (χ4v) is 4.13. The number of phenols is 1. The van der Waals surface area contributed by atoms with Gasteiger partial charge >= 0.3 is 0 Å². The van der Waals surface area contributed by atoms with Crippen LogP contribution in [-0.4, -0.2) is 28.1 Å². The lowest BCUT2D eigenvalue weighted by Crippen LogP contribution is -2.27. The lowest BCUT2D eigenvalue weighted by molar-refractivity contribution is 0.275. The molecular formula is C20H19BrN2O. The number of phenolic OH excluding ortho intramolecular Hbond substituents is 1. The molecule has 0 aliphatic carbocycles. The molecule has 2 heterocycles. The van der Waals surface area contributed by atoms with Gasteiger partial charge in [0.2, 0.25) is 0 Å². The lowest BCUT2D eigenvalue weighted by atomic mass is 9.95. The molecule has 122 valence electrons. The molecule has 1 N–H and O–H groups in total. The number of rotatable bonds is 3. The van der Waals surface area contributed by atoms with Crippen molar-refractivity contribution in [2.45, 2.75) is 18.9 Å². The minimum absolute atomic E-state index is 0.0366. The summed E-state index contributed by atoms with van der Waals surface area (Å²) in [5.41, 5.74) is 2.78. The van der Waals surface area contributed by atoms with E-state index in [0.29, 0.717) is 11.3 Å². The fourth-order valence-electron chi connectivity index (χ4n) is 3.62. The molecule has 0 radical (unpaired) electrons. The number of likely N-dealkylation sites (tertiary alicyclic amines) is 1. The molecule has 1 aromatic heterocycles. The van der Waals surface area contributed by atoms with Crippen molar-refractivity contribution in [3.05, 3.63) is 70.3 Å². The van der Waals surface area contributed by atoms with E-state index < -0.39 is 0 Å². The molecule has 0 saturated carbocycles. The average Bonchev–Trinajstić information content (AvgIpc) is 3.13. The van der Waals surface area contributed by atoms with Crippen molar-refractivity contribution in [2.24, 2.45) is 0 Å². The van der Waals surface area contributed by atoms with E-state index in [1.165, 1.54) is 18.4 Å². The minimum Gasteiger partial charge on any atom is -0.505 e. The van der Waals surface area contributed by atoms with Crippen LogP contribution in [0, 0.1) is 0 Å². The third kappa shape index (κ3) is 2.70. The molecule has 1 aliphatic rings. The Morgan fingerprint density at radius 2 is 1.75 bits per heavy atom. The van der Waals surface area contributed by atoms with Crippen molar-refractivity contribution in [1.29, 1.82) is 0 Å². The standard InChI is InChI=1S/C20H19BrN2O/c21-17-8-2-1-7-15(17)19(23-12-3-4-13-23)16-10-9-14-6-5-11-22-18(14)20(16)24/h1-2,5-11,19,24H,3-4,12-13H2/t19-/m0/s1. The summed E-state index contributed by atoms with van der Waals surface area (Å²) in [4.78, 5) is 6.83. The number of hydrogen-bond donors (Lipinski definition) is 1. The predicted molar refractivity (Wildman–Crippen MR) is 100 cm³/mol. The highest BCUT2D eigenvalue weighted by Crippen LogP contribution is 2.41. The molecule has 1 aliphatic heterocycles. The Labute approximate surface area is 150 Å². The first-order valence-electron chi connectivity index (χ1n) is 8.31. The van der Waals surface area contributed by atoms with Crippen LogP contribution < -0.4 is 0 Å². The second kappa shape index (κ2) is 6.54. The summed E-state index contributed by atoms with van der Waals surface area (Å²) in [5.74, 6) is 0.292. The minimum atomic E-state index is 0.0366. The molecule has 0 bridgehead atoms. The van der Waals surface area contributed by atoms with Crippen molar-refractivity contribution >= 4 is 26.8 Å². The number of hydrogen-bond acceptors (Lipinski definition) is 3. The van der Waals surface area contributed by atoms with E-state index in [9.17, 15) is 5.11 Å². The van der Waals surface area contributed by atoms with Crippen molar-refractivity contribution in [2.75, 3.05) is 13.1 Å². The molecule has 0 amide bonds. The maximum absolute atomic E-state index is 10.9. The monoisotopic (exact) mass is 382 g/mol. The Balaban J connectivity index is 1.91. The first-order chi connectivity index (χ1) is 11.8. The largest absolute Gasteiger partial charge is 0.505 e. The third-order valence-electron chi connectivity index (χ3n) is 4.78. The van der Waals surface area contributed by atoms with Gasteiger partial charge in [0.15, 0.2) is 0 Å². The van der Waals surface area contributed by atoms with Crippen LogP contribution >= 0.6 is 15.9 Å². The van der Waals surface area contributed by atoms with Gasteiger partial charge in [-0.3, -0.25) is 9.88 Å². The first-order valence-corrected chi connectivity index (χ1v) is 9.10. The molecule has 3 aromatic rings. The number of aromatic hydroxyl groups is 1. The van der Waals surface area contributed by atoms with E-state index in [0.717, 1.165) is 28.5 Å². The molecule has 4 heteroatoms. The van der Waals surface area contributed by atoms with Gasteiger partial charge in [0.05, 0.1) is 6.04 Å². The molecule has 1 fully saturated rings. The molecular weight excluding hydrogens is 364 g/mol. The van der Waals surface area contributed by atoms with Gasteiger partial charge in [-0.15, -0.1) is 0 Å². The number of halogens is 1. The Morgan fingerprint density at radius 3 is 2.54 bits per heavy atom. The molecule has 0 unspecified atom stereocenters. The zero-order chi connectivity index (χ0) is 16.5. The van der Waals surface area contributed by atoms with Gasteiger partial charge in [-0.25, -0.2) is 0 Å². The second-order valence-electron chi connectivity index (χ2n) is 6.25. The Bertz CT molecular complexity index is 874. The first kappa shape index (κ1) is 15.6. The van der Waals surface area contributed by atoms with E-state index in [4.69, 9.17) is 0 Å². The summed E-state index contributed by atoms with van der Waals surface area (Å²) in [5, 5.41) is 11.9. The zero-order valence-electron chi connectivity index (χ0n) is 13.3. The molecule has 4 rings (SSSR count). The predicted octanol–water partition coefficient (Wildman–Crippen LogP) is 4.89. The summed E-state index contributed by atoms with van der Waals surface area (Å²) in [6.45, 7) is 2.09. The summed E-state index contributed by atoms with van der Waals surface area (Å²) < 4.78 is 1.07. The van der Waals surface area contributed by atoms with E-state index in [1.54, 1.807) is 6.20 Å². The SMILES string of the molecule is Oc1c([C@H](c2ccccc2Br)N2CCCC2)ccc2cccnc12. The molecule has 3 nitrogen and oxygen atoms in total. The van der Waals surface area contributed by atoms with Gasteiger partial charge in [0.1, 0.15) is 11.3 Å². The number of aromatic nitrogens is 1. The van der Waals surface area contributed by atoms with Crippen LogP contribution in [0.3, 0.4) is 0 Å². The van der Waals surface area contributed by atoms with E-state index in [2.05, 4.69) is 50.1 Å². The Morgan fingerprint density at radius 1 is 0.958 bits per heavy atom. The normalized spacial score (nSPS) is 16.5. The van der Waals surface area contributed by atoms with E-state index in [-0.39, 0.29) is 6.04 Å². The van der Waals surface area contributed by atoms with Gasteiger partial charge in [-0.1, -0.05) is 52.3 Å². The summed E-state index contributed by atoms with van der Waals surface area (Å²) in [7, 11) is 0. The smallest absolute Gasteiger partial charge is 0.146 e. The van der Waals surface area contributed by atoms with Crippen molar-refractivity contribution in [1.82, 2.24) is 9.88 Å². The zero-order valence-corrected chi connectivity index (χ0v) is 14.9. The maximum Gasteiger partial charge on any atom is 0.146 e. The fraction of sp³-hybridized carbons (Fsp3) is 0.250. The third-order valence-corrected chi connectivity index (χ3v) is 5.50. The van der Waals surface area contributed by atoms with Crippen LogP contribution in [0.25, 0.3) is 10.9 Å². The van der Waals surface area contributed by atoms with Crippen LogP contribution in [0.1, 0.15) is 30.0 Å². The van der Waals surface area contributed by atoms with Crippen LogP contribution in [0.4, 0.5) is 0 Å². The Hall–Kier alpha value is -1.91. The van der Waals surface area contributed by atoms with Gasteiger partial charge < -0.3 is 5.11 Å². The van der Waals surface area contributed by atoms with Crippen LogP contribution in [0.15, 0.2) is 59.2 Å². The van der Waals surface area contributed by atoms with Crippen LogP contribution in [-0.2, 0) is 0 Å². The summed E-state index contributed by atoms with van der Waals surface area (Å²) >= 11 is 3.69. The van der Waals surface area contributed by atoms with Gasteiger partial charge in [-0.2, -0.15) is 0 Å². The maximum atomic E-state index is 10.9. The quantitative estimate of drug-likeness (QED) is 0.700. The van der Waals surface area contributed by atoms with Gasteiger partial charge in [0.25, 0.3) is 0 Å². The van der Waals surface area contributed by atoms with Gasteiger partial charge in [0, 0.05) is 21.6 Å². The second-order valence-corrected chi connectivity index (χ2v) is 7.10. The molecule has 1 atom stereocenters. The van der Waals surface area contributed by atoms with Crippen LogP contribution in [0.2, 0.25) is 0 Å². The highest BCUT2D eigenvalue weighted by atomic mass is 79.9. The van der Waals surface area contributed by atoms with Crippen molar-refractivity contribution in [3.63, 3.8) is 0 Å². The van der Waals surface area contributed by atoms with Crippen molar-refractivity contribution in [3.8, 4) is 5.75 Å².